The Morgan fingerprint density at radius 3 is 2.38 bits per heavy atom. The maximum atomic E-state index is 13.0. The van der Waals surface area contributed by atoms with Gasteiger partial charge in [0.05, 0.1) is 11.4 Å². The van der Waals surface area contributed by atoms with Gasteiger partial charge in [0.25, 0.3) is 0 Å². The van der Waals surface area contributed by atoms with E-state index in [1.807, 2.05) is 36.4 Å². The van der Waals surface area contributed by atoms with Crippen molar-refractivity contribution < 1.29 is 22.7 Å². The lowest BCUT2D eigenvalue weighted by Crippen LogP contribution is -2.49. The van der Waals surface area contributed by atoms with E-state index in [-0.39, 0.29) is 17.5 Å². The van der Waals surface area contributed by atoms with Crippen molar-refractivity contribution in [2.45, 2.75) is 18.7 Å². The summed E-state index contributed by atoms with van der Waals surface area (Å²) >= 11 is 0. The summed E-state index contributed by atoms with van der Waals surface area (Å²) in [7, 11) is -1.67. The molecule has 0 spiro atoms. The number of ketones is 1. The van der Waals surface area contributed by atoms with Crippen LogP contribution < -0.4 is 9.47 Å². The Bertz CT molecular complexity index is 1050. The van der Waals surface area contributed by atoms with E-state index in [4.69, 9.17) is 9.47 Å². The number of carbonyl (C=O) groups excluding carboxylic acids is 1. The van der Waals surface area contributed by atoms with Crippen molar-refractivity contribution in [1.82, 2.24) is 13.8 Å². The summed E-state index contributed by atoms with van der Waals surface area (Å²) < 4.78 is 39.9. The Morgan fingerprint density at radius 2 is 1.72 bits per heavy atom. The highest BCUT2D eigenvalue weighted by molar-refractivity contribution is 7.89. The summed E-state index contributed by atoms with van der Waals surface area (Å²) in [6, 6.07) is 6.58. The molecule has 8 nitrogen and oxygen atoms in total. The molecule has 1 fully saturated rings. The van der Waals surface area contributed by atoms with Crippen molar-refractivity contribution in [2.24, 2.45) is 7.05 Å². The Morgan fingerprint density at radius 1 is 1.03 bits per heavy atom. The zero-order valence-corrected chi connectivity index (χ0v) is 17.7. The second-order valence-corrected chi connectivity index (χ2v) is 9.40. The van der Waals surface area contributed by atoms with Crippen molar-refractivity contribution in [3.63, 3.8) is 0 Å². The van der Waals surface area contributed by atoms with Crippen LogP contribution in [-0.2, 0) is 17.1 Å². The van der Waals surface area contributed by atoms with E-state index in [0.717, 1.165) is 17.0 Å². The number of sulfonamides is 1. The number of piperazine rings is 1. The molecule has 2 aromatic rings. The van der Waals surface area contributed by atoms with Gasteiger partial charge in [-0.1, -0.05) is 0 Å². The van der Waals surface area contributed by atoms with Gasteiger partial charge in [-0.25, -0.2) is 8.42 Å². The third-order valence-electron chi connectivity index (χ3n) is 5.76. The lowest BCUT2D eigenvalue weighted by atomic mass is 10.1. The summed E-state index contributed by atoms with van der Waals surface area (Å²) in [6.07, 6.45) is 0. The van der Waals surface area contributed by atoms with Gasteiger partial charge in [0.1, 0.15) is 0 Å². The number of hydrogen-bond acceptors (Lipinski definition) is 6. The number of fused-ring (bicyclic) bond motifs is 1. The standard InChI is InChI=1S/C20H25N3O5S/c1-14-10-17(15(2)21(14)3)18(24)12-22-6-8-23(9-7-22)29(25,26)16-4-5-19-20(11-16)28-13-27-19/h4-5,10-11H,6-9,12-13H2,1-3H3. The zero-order valence-electron chi connectivity index (χ0n) is 16.8. The molecule has 2 aliphatic rings. The summed E-state index contributed by atoms with van der Waals surface area (Å²) in [5, 5.41) is 0. The van der Waals surface area contributed by atoms with Crippen molar-refractivity contribution in [1.29, 1.82) is 0 Å². The summed E-state index contributed by atoms with van der Waals surface area (Å²) in [5.41, 5.74) is 2.74. The highest BCUT2D eigenvalue weighted by Gasteiger charge is 2.30. The maximum Gasteiger partial charge on any atom is 0.243 e. The summed E-state index contributed by atoms with van der Waals surface area (Å²) in [5.74, 6) is 1.07. The van der Waals surface area contributed by atoms with Gasteiger partial charge in [0.2, 0.25) is 16.8 Å². The third kappa shape index (κ3) is 3.65. The summed E-state index contributed by atoms with van der Waals surface area (Å²) in [4.78, 5) is 14.9. The van der Waals surface area contributed by atoms with E-state index in [9.17, 15) is 13.2 Å². The molecule has 0 N–H and O–H groups in total. The zero-order chi connectivity index (χ0) is 20.8. The minimum absolute atomic E-state index is 0.0679. The van der Waals surface area contributed by atoms with Gasteiger partial charge in [0.15, 0.2) is 17.3 Å². The molecule has 29 heavy (non-hydrogen) atoms. The van der Waals surface area contributed by atoms with E-state index in [1.165, 1.54) is 10.4 Å². The quantitative estimate of drug-likeness (QED) is 0.685. The number of rotatable bonds is 5. The number of nitrogens with zero attached hydrogens (tertiary/aromatic N) is 3. The molecule has 0 radical (unpaired) electrons. The average Bonchev–Trinajstić information content (AvgIpc) is 3.28. The molecule has 4 rings (SSSR count). The van der Waals surface area contributed by atoms with Crippen LogP contribution in [0.5, 0.6) is 11.5 Å². The van der Waals surface area contributed by atoms with Gasteiger partial charge in [-0.3, -0.25) is 9.69 Å². The second-order valence-electron chi connectivity index (χ2n) is 7.46. The molecule has 0 unspecified atom stereocenters. The number of aryl methyl sites for hydroxylation is 1. The highest BCUT2D eigenvalue weighted by Crippen LogP contribution is 2.34. The van der Waals surface area contributed by atoms with E-state index in [0.29, 0.717) is 44.2 Å². The topological polar surface area (TPSA) is 81.1 Å². The molecule has 0 amide bonds. The van der Waals surface area contributed by atoms with Gasteiger partial charge in [-0.2, -0.15) is 4.31 Å². The van der Waals surface area contributed by atoms with Crippen LogP contribution in [0.25, 0.3) is 0 Å². The van der Waals surface area contributed by atoms with Crippen molar-refractivity contribution in [3.05, 3.63) is 41.2 Å². The number of ether oxygens (including phenoxy) is 2. The fourth-order valence-electron chi connectivity index (χ4n) is 3.74. The van der Waals surface area contributed by atoms with Gasteiger partial charge >= 0.3 is 0 Å². The molecule has 1 aromatic heterocycles. The van der Waals surface area contributed by atoms with Crippen molar-refractivity contribution >= 4 is 15.8 Å². The first-order chi connectivity index (χ1) is 13.8. The predicted octanol–water partition coefficient (Wildman–Crippen LogP) is 1.56. The van der Waals surface area contributed by atoms with Crippen LogP contribution in [0.3, 0.4) is 0 Å². The van der Waals surface area contributed by atoms with Gasteiger partial charge < -0.3 is 14.0 Å². The normalized spacial score (nSPS) is 17.6. The van der Waals surface area contributed by atoms with Crippen LogP contribution >= 0.6 is 0 Å². The predicted molar refractivity (Wildman–Crippen MR) is 107 cm³/mol. The minimum atomic E-state index is -3.61. The maximum absolute atomic E-state index is 13.0. The smallest absolute Gasteiger partial charge is 0.243 e. The monoisotopic (exact) mass is 419 g/mol. The van der Waals surface area contributed by atoms with Crippen LogP contribution in [-0.4, -0.2) is 67.5 Å². The van der Waals surface area contributed by atoms with Crippen LogP contribution in [0.2, 0.25) is 0 Å². The van der Waals surface area contributed by atoms with Gasteiger partial charge in [-0.15, -0.1) is 0 Å². The Balaban J connectivity index is 1.40. The number of Topliss-reactive ketones (excluding diaryl/α,β-unsaturated/α-hetero) is 1. The first kappa shape index (κ1) is 19.9. The number of hydrogen-bond donors (Lipinski definition) is 0. The fraction of sp³-hybridized carbons (Fsp3) is 0.450. The molecule has 0 atom stereocenters. The SMILES string of the molecule is Cc1cc(C(=O)CN2CCN(S(=O)(=O)c3ccc4c(c3)OCO4)CC2)c(C)n1C. The molecule has 156 valence electrons. The largest absolute Gasteiger partial charge is 0.454 e. The molecule has 9 heteroatoms. The van der Waals surface area contributed by atoms with E-state index >= 15 is 0 Å². The fourth-order valence-corrected chi connectivity index (χ4v) is 5.18. The van der Waals surface area contributed by atoms with Crippen molar-refractivity contribution in [3.8, 4) is 11.5 Å². The first-order valence-corrected chi connectivity index (χ1v) is 11.0. The molecule has 1 aromatic carbocycles. The van der Waals surface area contributed by atoms with Crippen LogP contribution in [0.4, 0.5) is 0 Å². The lowest BCUT2D eigenvalue weighted by molar-refractivity contribution is 0.0901. The number of benzene rings is 1. The molecule has 0 aliphatic carbocycles. The van der Waals surface area contributed by atoms with Gasteiger partial charge in [-0.05, 0) is 32.0 Å². The minimum Gasteiger partial charge on any atom is -0.454 e. The molecular weight excluding hydrogens is 394 g/mol. The van der Waals surface area contributed by atoms with Crippen molar-refractivity contribution in [2.75, 3.05) is 39.5 Å². The number of aromatic nitrogens is 1. The Hall–Kier alpha value is -2.36. The Labute approximate surface area is 170 Å². The van der Waals surface area contributed by atoms with Crippen LogP contribution in [0.1, 0.15) is 21.7 Å². The second kappa shape index (κ2) is 7.47. The van der Waals surface area contributed by atoms with Crippen LogP contribution in [0, 0.1) is 13.8 Å². The third-order valence-corrected chi connectivity index (χ3v) is 7.65. The Kier molecular flexibility index (Phi) is 5.14. The molecule has 0 bridgehead atoms. The van der Waals surface area contributed by atoms with E-state index in [2.05, 4.69) is 0 Å². The molecule has 2 aliphatic heterocycles. The van der Waals surface area contributed by atoms with E-state index < -0.39 is 10.0 Å². The highest BCUT2D eigenvalue weighted by atomic mass is 32.2. The average molecular weight is 420 g/mol. The molecule has 1 saturated heterocycles. The first-order valence-electron chi connectivity index (χ1n) is 9.55. The summed E-state index contributed by atoms with van der Waals surface area (Å²) in [6.45, 7) is 6.03. The van der Waals surface area contributed by atoms with E-state index in [1.54, 1.807) is 12.1 Å². The molecule has 0 saturated carbocycles. The van der Waals surface area contributed by atoms with Gasteiger partial charge in [0, 0.05) is 56.2 Å². The lowest BCUT2D eigenvalue weighted by Gasteiger charge is -2.33. The molecule has 3 heterocycles. The van der Waals surface area contributed by atoms with Crippen LogP contribution in [0.15, 0.2) is 29.2 Å². The molecular formula is C20H25N3O5S. The number of carbonyl (C=O) groups is 1.